The zero-order valence-electron chi connectivity index (χ0n) is 11.4. The predicted molar refractivity (Wildman–Crippen MR) is 83.0 cm³/mol. The van der Waals surface area contributed by atoms with E-state index in [4.69, 9.17) is 10.8 Å². The van der Waals surface area contributed by atoms with Crippen LogP contribution in [0.5, 0.6) is 0 Å². The highest BCUT2D eigenvalue weighted by Crippen LogP contribution is 2.31. The number of hydrogen-bond donors (Lipinski definition) is 3. The number of nitrogens with two attached hydrogens (primary N) is 1. The van der Waals surface area contributed by atoms with Crippen molar-refractivity contribution in [1.29, 1.82) is 0 Å². The molecule has 1 atom stereocenters. The summed E-state index contributed by atoms with van der Waals surface area (Å²) in [7, 11) is 0. The highest BCUT2D eigenvalue weighted by molar-refractivity contribution is 5.98. The Balaban J connectivity index is 2.13. The number of aromatic nitrogens is 1. The molecule has 0 aliphatic heterocycles. The molecule has 21 heavy (non-hydrogen) atoms. The van der Waals surface area contributed by atoms with E-state index in [0.29, 0.717) is 6.42 Å². The molecule has 4 nitrogen and oxygen atoms in total. The fourth-order valence-corrected chi connectivity index (χ4v) is 2.60. The lowest BCUT2D eigenvalue weighted by atomic mass is 9.97. The second kappa shape index (κ2) is 5.42. The largest absolute Gasteiger partial charge is 0.480 e. The van der Waals surface area contributed by atoms with Crippen LogP contribution >= 0.6 is 0 Å². The molecule has 0 spiro atoms. The lowest BCUT2D eigenvalue weighted by molar-refractivity contribution is -0.138. The number of nitrogens with one attached hydrogen (secondary N) is 1. The molecule has 0 bridgehead atoms. The Hall–Kier alpha value is -2.59. The lowest BCUT2D eigenvalue weighted by Crippen LogP contribution is -2.32. The number of hydrogen-bond acceptors (Lipinski definition) is 2. The second-order valence-corrected chi connectivity index (χ2v) is 5.06. The highest BCUT2D eigenvalue weighted by Gasteiger charge is 2.16. The first-order valence-electron chi connectivity index (χ1n) is 6.79. The molecule has 3 aromatic rings. The van der Waals surface area contributed by atoms with Crippen molar-refractivity contribution in [2.75, 3.05) is 0 Å². The minimum Gasteiger partial charge on any atom is -0.480 e. The van der Waals surface area contributed by atoms with Crippen LogP contribution in [0.15, 0.2) is 54.7 Å². The fraction of sp³-hybridized carbons (Fsp3) is 0.118. The summed E-state index contributed by atoms with van der Waals surface area (Å²) in [6, 6.07) is 15.2. The summed E-state index contributed by atoms with van der Waals surface area (Å²) in [4.78, 5) is 14.2. The maximum atomic E-state index is 11.0. The molecule has 0 aliphatic carbocycles. The van der Waals surface area contributed by atoms with Crippen molar-refractivity contribution in [1.82, 2.24) is 4.98 Å². The molecule has 3 rings (SSSR count). The van der Waals surface area contributed by atoms with Gasteiger partial charge in [0.05, 0.1) is 0 Å². The van der Waals surface area contributed by atoms with Crippen LogP contribution in [0, 0.1) is 0 Å². The molecule has 1 unspecified atom stereocenters. The number of benzene rings is 2. The molecule has 4 N–H and O–H groups in total. The summed E-state index contributed by atoms with van der Waals surface area (Å²) < 4.78 is 0. The number of aliphatic carboxylic acids is 1. The summed E-state index contributed by atoms with van der Waals surface area (Å²) in [5.41, 5.74) is 9.78. The fourth-order valence-electron chi connectivity index (χ4n) is 2.60. The van der Waals surface area contributed by atoms with Gasteiger partial charge in [0.15, 0.2) is 0 Å². The molecule has 0 amide bonds. The molecule has 2 aromatic carbocycles. The molecule has 106 valence electrons. The van der Waals surface area contributed by atoms with E-state index in [-0.39, 0.29) is 0 Å². The maximum Gasteiger partial charge on any atom is 0.320 e. The van der Waals surface area contributed by atoms with Gasteiger partial charge in [0.2, 0.25) is 0 Å². The third kappa shape index (κ3) is 2.53. The summed E-state index contributed by atoms with van der Waals surface area (Å²) in [6.07, 6.45) is 2.15. The lowest BCUT2D eigenvalue weighted by Gasteiger charge is -2.09. The van der Waals surface area contributed by atoms with Gasteiger partial charge in [0.25, 0.3) is 0 Å². The van der Waals surface area contributed by atoms with Gasteiger partial charge in [-0.15, -0.1) is 0 Å². The quantitative estimate of drug-likeness (QED) is 0.687. The SMILES string of the molecule is NC(Cc1c[nH]c2cccc(-c3ccccc3)c12)C(=O)O. The van der Waals surface area contributed by atoms with Crippen molar-refractivity contribution in [3.8, 4) is 11.1 Å². The smallest absolute Gasteiger partial charge is 0.320 e. The molecule has 0 saturated carbocycles. The van der Waals surface area contributed by atoms with Crippen molar-refractivity contribution in [3.05, 3.63) is 60.3 Å². The van der Waals surface area contributed by atoms with Crippen molar-refractivity contribution in [3.63, 3.8) is 0 Å². The molecule has 1 heterocycles. The zero-order chi connectivity index (χ0) is 14.8. The van der Waals surface area contributed by atoms with E-state index in [1.807, 2.05) is 54.7 Å². The van der Waals surface area contributed by atoms with Crippen molar-refractivity contribution >= 4 is 16.9 Å². The standard InChI is InChI=1S/C17H16N2O2/c18-14(17(20)21)9-12-10-19-15-8-4-7-13(16(12)15)11-5-2-1-3-6-11/h1-8,10,14,19H,9,18H2,(H,20,21). The van der Waals surface area contributed by atoms with E-state index in [2.05, 4.69) is 4.98 Å². The normalized spacial score (nSPS) is 12.4. The van der Waals surface area contributed by atoms with Gasteiger partial charge in [0, 0.05) is 23.5 Å². The Bertz CT molecular complexity index is 778. The Morgan fingerprint density at radius 1 is 1.14 bits per heavy atom. The molecule has 0 fully saturated rings. The van der Waals surface area contributed by atoms with Gasteiger partial charge in [-0.25, -0.2) is 0 Å². The Morgan fingerprint density at radius 2 is 1.90 bits per heavy atom. The van der Waals surface area contributed by atoms with Crippen LogP contribution in [0.25, 0.3) is 22.0 Å². The van der Waals surface area contributed by atoms with Crippen molar-refractivity contribution in [2.45, 2.75) is 12.5 Å². The summed E-state index contributed by atoms with van der Waals surface area (Å²) in [6.45, 7) is 0. The van der Waals surface area contributed by atoms with Gasteiger partial charge in [-0.3, -0.25) is 4.79 Å². The minimum absolute atomic E-state index is 0.305. The molecule has 0 aliphatic rings. The average molecular weight is 280 g/mol. The van der Waals surface area contributed by atoms with E-state index in [1.165, 1.54) is 0 Å². The number of carbonyl (C=O) groups is 1. The minimum atomic E-state index is -0.985. The molecule has 0 saturated heterocycles. The molecule has 4 heteroatoms. The Morgan fingerprint density at radius 3 is 2.62 bits per heavy atom. The van der Waals surface area contributed by atoms with Crippen LogP contribution in [-0.2, 0) is 11.2 Å². The number of carboxylic acid groups (broad SMARTS) is 1. The zero-order valence-corrected chi connectivity index (χ0v) is 11.4. The maximum absolute atomic E-state index is 11.0. The summed E-state index contributed by atoms with van der Waals surface area (Å²) in [5, 5.41) is 10.0. The van der Waals surface area contributed by atoms with Gasteiger partial charge in [0.1, 0.15) is 6.04 Å². The van der Waals surface area contributed by atoms with E-state index in [0.717, 1.165) is 27.6 Å². The Labute approximate surface area is 122 Å². The molecule has 0 radical (unpaired) electrons. The number of H-pyrrole nitrogens is 1. The van der Waals surface area contributed by atoms with Crippen LogP contribution in [0.3, 0.4) is 0 Å². The number of rotatable bonds is 4. The van der Waals surface area contributed by atoms with Crippen molar-refractivity contribution in [2.24, 2.45) is 5.73 Å². The predicted octanol–water partition coefficient (Wildman–Crippen LogP) is 2.79. The first-order chi connectivity index (χ1) is 10.2. The molecular weight excluding hydrogens is 264 g/mol. The Kier molecular flexibility index (Phi) is 3.46. The summed E-state index contributed by atoms with van der Waals surface area (Å²) >= 11 is 0. The third-order valence-electron chi connectivity index (χ3n) is 3.63. The third-order valence-corrected chi connectivity index (χ3v) is 3.63. The van der Waals surface area contributed by atoms with E-state index >= 15 is 0 Å². The monoisotopic (exact) mass is 280 g/mol. The van der Waals surface area contributed by atoms with Crippen LogP contribution in [0.4, 0.5) is 0 Å². The van der Waals surface area contributed by atoms with Crippen molar-refractivity contribution < 1.29 is 9.90 Å². The van der Waals surface area contributed by atoms with Crippen LogP contribution in [-0.4, -0.2) is 22.1 Å². The van der Waals surface area contributed by atoms with Gasteiger partial charge < -0.3 is 15.8 Å². The van der Waals surface area contributed by atoms with E-state index in [1.54, 1.807) is 0 Å². The van der Waals surface area contributed by atoms with Gasteiger partial charge >= 0.3 is 5.97 Å². The first kappa shape index (κ1) is 13.4. The first-order valence-corrected chi connectivity index (χ1v) is 6.79. The summed E-state index contributed by atoms with van der Waals surface area (Å²) in [5.74, 6) is -0.985. The highest BCUT2D eigenvalue weighted by atomic mass is 16.4. The average Bonchev–Trinajstić information content (AvgIpc) is 2.91. The molecular formula is C17H16N2O2. The van der Waals surface area contributed by atoms with Gasteiger partial charge in [-0.2, -0.15) is 0 Å². The number of carboxylic acids is 1. The van der Waals surface area contributed by atoms with E-state index < -0.39 is 12.0 Å². The van der Waals surface area contributed by atoms with Crippen LogP contribution in [0.2, 0.25) is 0 Å². The topological polar surface area (TPSA) is 79.1 Å². The number of fused-ring (bicyclic) bond motifs is 1. The number of aromatic amines is 1. The van der Waals surface area contributed by atoms with E-state index in [9.17, 15) is 4.79 Å². The second-order valence-electron chi connectivity index (χ2n) is 5.06. The van der Waals surface area contributed by atoms with Crippen LogP contribution in [0.1, 0.15) is 5.56 Å². The van der Waals surface area contributed by atoms with Gasteiger partial charge in [-0.1, -0.05) is 42.5 Å². The van der Waals surface area contributed by atoms with Crippen LogP contribution < -0.4 is 5.73 Å². The molecule has 1 aromatic heterocycles. The van der Waals surface area contributed by atoms with Gasteiger partial charge in [-0.05, 0) is 22.8 Å².